The van der Waals surface area contributed by atoms with Gasteiger partial charge in [0.2, 0.25) is 0 Å². The maximum atomic E-state index is 9.63. The van der Waals surface area contributed by atoms with Gasteiger partial charge in [-0.15, -0.1) is 0 Å². The van der Waals surface area contributed by atoms with Gasteiger partial charge in [-0.2, -0.15) is 12.6 Å². The lowest BCUT2D eigenvalue weighted by atomic mass is 9.95. The Morgan fingerprint density at radius 3 is 2.09 bits per heavy atom. The molecule has 0 aromatic heterocycles. The Bertz CT molecular complexity index is 109. The van der Waals surface area contributed by atoms with E-state index in [1.54, 1.807) is 0 Å². The molecule has 0 aliphatic carbocycles. The van der Waals surface area contributed by atoms with Crippen molar-refractivity contribution in [3.63, 3.8) is 0 Å². The third kappa shape index (κ3) is 4.67. The lowest BCUT2D eigenvalue weighted by molar-refractivity contribution is 0.0377. The second-order valence-corrected chi connectivity index (χ2v) is 4.46. The molecule has 2 N–H and O–H groups in total. The van der Waals surface area contributed by atoms with E-state index in [-0.39, 0.29) is 6.04 Å². The van der Waals surface area contributed by atoms with Crippen LogP contribution >= 0.6 is 12.6 Å². The molecule has 0 radical (unpaired) electrons. The van der Waals surface area contributed by atoms with Crippen molar-refractivity contribution >= 4 is 12.6 Å². The Kier molecular flexibility index (Phi) is 4.44. The quantitative estimate of drug-likeness (QED) is 0.561. The van der Waals surface area contributed by atoms with Gasteiger partial charge in [-0.1, -0.05) is 6.92 Å². The van der Waals surface area contributed by atoms with Gasteiger partial charge in [0, 0.05) is 11.3 Å². The highest BCUT2D eigenvalue weighted by Crippen LogP contribution is 2.15. The van der Waals surface area contributed by atoms with Crippen LogP contribution in [0.3, 0.4) is 0 Å². The van der Waals surface area contributed by atoms with E-state index in [0.29, 0.717) is 5.25 Å². The van der Waals surface area contributed by atoms with Crippen LogP contribution in [0.25, 0.3) is 0 Å². The summed E-state index contributed by atoms with van der Waals surface area (Å²) in [5, 5.41) is 13.0. The average Bonchev–Trinajstić information content (AvgIpc) is 1.79. The van der Waals surface area contributed by atoms with Gasteiger partial charge in [0.15, 0.2) is 0 Å². The Balaban J connectivity index is 3.96. The minimum absolute atomic E-state index is 0.120. The van der Waals surface area contributed by atoms with E-state index in [4.69, 9.17) is 0 Å². The van der Waals surface area contributed by atoms with E-state index in [2.05, 4.69) is 17.9 Å². The molecule has 0 saturated heterocycles. The summed E-state index contributed by atoms with van der Waals surface area (Å²) in [6, 6.07) is 0.120. The fourth-order valence-electron chi connectivity index (χ4n) is 1.10. The molecule has 1 unspecified atom stereocenters. The minimum atomic E-state index is -0.661. The fraction of sp³-hybridized carbons (Fsp3) is 1.00. The number of nitrogens with one attached hydrogen (secondary N) is 1. The second-order valence-electron chi connectivity index (χ2n) is 3.58. The molecule has 0 aromatic rings. The van der Waals surface area contributed by atoms with E-state index >= 15 is 0 Å². The first-order chi connectivity index (χ1) is 4.88. The number of hydrogen-bond acceptors (Lipinski definition) is 3. The van der Waals surface area contributed by atoms with Crippen molar-refractivity contribution in [3.8, 4) is 0 Å². The zero-order valence-electron chi connectivity index (χ0n) is 7.76. The van der Waals surface area contributed by atoms with Crippen LogP contribution in [0, 0.1) is 0 Å². The molecule has 0 bridgehead atoms. The van der Waals surface area contributed by atoms with E-state index in [9.17, 15) is 5.11 Å². The predicted octanol–water partition coefficient (Wildman–Crippen LogP) is 1.05. The maximum absolute atomic E-state index is 9.63. The Hall–Kier alpha value is 0.270. The summed E-state index contributed by atoms with van der Waals surface area (Å²) < 4.78 is 0. The van der Waals surface area contributed by atoms with E-state index in [0.717, 1.165) is 6.42 Å². The van der Waals surface area contributed by atoms with Crippen LogP contribution in [0.15, 0.2) is 0 Å². The summed E-state index contributed by atoms with van der Waals surface area (Å²) in [5.41, 5.74) is -0.661. The summed E-state index contributed by atoms with van der Waals surface area (Å²) in [5.74, 6) is 0. The van der Waals surface area contributed by atoms with Gasteiger partial charge in [-0.3, -0.25) is 0 Å². The van der Waals surface area contributed by atoms with Crippen molar-refractivity contribution in [1.29, 1.82) is 0 Å². The third-order valence-electron chi connectivity index (χ3n) is 1.78. The van der Waals surface area contributed by atoms with Gasteiger partial charge in [0.1, 0.15) is 0 Å². The molecule has 0 saturated carbocycles. The Morgan fingerprint density at radius 2 is 2.00 bits per heavy atom. The molecule has 0 heterocycles. The zero-order chi connectivity index (χ0) is 9.07. The van der Waals surface area contributed by atoms with Crippen LogP contribution in [0.5, 0.6) is 0 Å². The van der Waals surface area contributed by atoms with E-state index < -0.39 is 5.60 Å². The normalized spacial score (nSPS) is 18.0. The highest BCUT2D eigenvalue weighted by molar-refractivity contribution is 7.80. The molecular weight excluding hydrogens is 158 g/mol. The van der Waals surface area contributed by atoms with Crippen LogP contribution in [0.1, 0.15) is 27.2 Å². The first-order valence-electron chi connectivity index (χ1n) is 3.95. The van der Waals surface area contributed by atoms with Gasteiger partial charge in [-0.05, 0) is 27.3 Å². The molecule has 2 nitrogen and oxygen atoms in total. The van der Waals surface area contributed by atoms with Gasteiger partial charge in [0.25, 0.3) is 0 Å². The number of hydrogen-bond donors (Lipinski definition) is 3. The molecule has 0 rings (SSSR count). The molecule has 0 aromatic carbocycles. The van der Waals surface area contributed by atoms with Gasteiger partial charge in [-0.25, -0.2) is 0 Å². The smallest absolute Gasteiger partial charge is 0.0744 e. The zero-order valence-corrected chi connectivity index (χ0v) is 8.65. The molecule has 3 heteroatoms. The van der Waals surface area contributed by atoms with E-state index in [1.165, 1.54) is 0 Å². The fourth-order valence-corrected chi connectivity index (χ4v) is 1.31. The lowest BCUT2D eigenvalue weighted by Gasteiger charge is -2.30. The summed E-state index contributed by atoms with van der Waals surface area (Å²) in [6.45, 7) is 5.65. The molecule has 0 fully saturated rings. The monoisotopic (exact) mass is 177 g/mol. The molecule has 68 valence electrons. The molecule has 11 heavy (non-hydrogen) atoms. The van der Waals surface area contributed by atoms with Crippen molar-refractivity contribution in [2.75, 3.05) is 7.05 Å². The third-order valence-corrected chi connectivity index (χ3v) is 1.99. The topological polar surface area (TPSA) is 32.3 Å². The van der Waals surface area contributed by atoms with Gasteiger partial charge < -0.3 is 10.4 Å². The summed E-state index contributed by atoms with van der Waals surface area (Å²) >= 11 is 4.27. The Morgan fingerprint density at radius 1 is 1.55 bits per heavy atom. The highest BCUT2D eigenvalue weighted by atomic mass is 32.1. The number of aliphatic hydroxyl groups is 1. The van der Waals surface area contributed by atoms with E-state index in [1.807, 2.05) is 27.8 Å². The summed E-state index contributed by atoms with van der Waals surface area (Å²) in [7, 11) is 1.86. The van der Waals surface area contributed by atoms with Crippen LogP contribution in [-0.4, -0.2) is 29.0 Å². The number of rotatable bonds is 4. The molecule has 0 aliphatic rings. The molecule has 2 atom stereocenters. The van der Waals surface area contributed by atoms with Crippen LogP contribution in [0.4, 0.5) is 0 Å². The standard InChI is InChI=1S/C8H19NOS/c1-6(11)5-7(9-4)8(2,3)10/h6-7,9-11H,5H2,1-4H3/t6-,7?/m0/s1. The van der Waals surface area contributed by atoms with Gasteiger partial charge >= 0.3 is 0 Å². The lowest BCUT2D eigenvalue weighted by Crippen LogP contribution is -2.46. The van der Waals surface area contributed by atoms with Crippen molar-refractivity contribution in [3.05, 3.63) is 0 Å². The molecule has 0 aliphatic heterocycles. The maximum Gasteiger partial charge on any atom is 0.0744 e. The average molecular weight is 177 g/mol. The van der Waals surface area contributed by atoms with Crippen molar-refractivity contribution in [2.45, 2.75) is 44.1 Å². The van der Waals surface area contributed by atoms with Crippen LogP contribution in [0.2, 0.25) is 0 Å². The molecule has 0 amide bonds. The van der Waals surface area contributed by atoms with Crippen molar-refractivity contribution in [1.82, 2.24) is 5.32 Å². The van der Waals surface area contributed by atoms with Crippen molar-refractivity contribution in [2.24, 2.45) is 0 Å². The second kappa shape index (κ2) is 4.33. The number of thiol groups is 1. The van der Waals surface area contributed by atoms with Crippen LogP contribution < -0.4 is 5.32 Å². The minimum Gasteiger partial charge on any atom is -0.389 e. The number of likely N-dealkylation sites (N-methyl/N-ethyl adjacent to an activating group) is 1. The van der Waals surface area contributed by atoms with Gasteiger partial charge in [0.05, 0.1) is 5.60 Å². The predicted molar refractivity (Wildman–Crippen MR) is 52.2 cm³/mol. The van der Waals surface area contributed by atoms with Crippen molar-refractivity contribution < 1.29 is 5.11 Å². The van der Waals surface area contributed by atoms with Crippen LogP contribution in [-0.2, 0) is 0 Å². The highest BCUT2D eigenvalue weighted by Gasteiger charge is 2.25. The first kappa shape index (κ1) is 11.3. The Labute approximate surface area is 74.8 Å². The largest absolute Gasteiger partial charge is 0.389 e. The summed E-state index contributed by atoms with van der Waals surface area (Å²) in [6.07, 6.45) is 0.878. The first-order valence-corrected chi connectivity index (χ1v) is 4.47. The SMILES string of the molecule is CNC(C[C@H](C)S)C(C)(C)O. The summed E-state index contributed by atoms with van der Waals surface area (Å²) in [4.78, 5) is 0. The molecular formula is C8H19NOS. The molecule has 0 spiro atoms.